The Hall–Kier alpha value is -6.62. The molecule has 1 aromatic heterocycles. The van der Waals surface area contributed by atoms with Crippen LogP contribution in [0.15, 0.2) is 158 Å². The second-order valence-electron chi connectivity index (χ2n) is 24.2. The highest BCUT2D eigenvalue weighted by atomic mass is 32.1. The first kappa shape index (κ1) is 43.4. The number of thiophene rings is 1. The van der Waals surface area contributed by atoms with Crippen LogP contribution in [0.4, 0.5) is 34.1 Å². The molecule has 2 aliphatic carbocycles. The molecule has 0 bridgehead atoms. The van der Waals surface area contributed by atoms with Gasteiger partial charge in [0, 0.05) is 48.7 Å². The summed E-state index contributed by atoms with van der Waals surface area (Å²) in [6.07, 6.45) is 0.954. The van der Waals surface area contributed by atoms with E-state index in [0.717, 1.165) is 6.42 Å². The molecule has 4 heteroatoms. The summed E-state index contributed by atoms with van der Waals surface area (Å²) in [6.45, 7) is 25.8. The Kier molecular flexibility index (Phi) is 9.13. The van der Waals surface area contributed by atoms with Crippen LogP contribution in [-0.2, 0) is 28.1 Å². The van der Waals surface area contributed by atoms with Crippen LogP contribution in [0.25, 0.3) is 43.5 Å². The van der Waals surface area contributed by atoms with Crippen molar-refractivity contribution in [3.63, 3.8) is 0 Å². The van der Waals surface area contributed by atoms with E-state index >= 15 is 0 Å². The van der Waals surface area contributed by atoms with E-state index in [1.54, 1.807) is 0 Å². The Labute approximate surface area is 419 Å². The third-order valence-electron chi connectivity index (χ3n) is 16.3. The van der Waals surface area contributed by atoms with Crippen LogP contribution in [0.2, 0.25) is 0 Å². The number of nitrogens with zero attached hydrogens (tertiary/aromatic N) is 2. The number of hydrogen-bond acceptors (Lipinski definition) is 3. The second-order valence-corrected chi connectivity index (χ2v) is 25.3. The lowest BCUT2D eigenvalue weighted by Gasteiger charge is -2.44. The van der Waals surface area contributed by atoms with Gasteiger partial charge in [-0.1, -0.05) is 179 Å². The van der Waals surface area contributed by atoms with Crippen molar-refractivity contribution in [1.29, 1.82) is 0 Å². The summed E-state index contributed by atoms with van der Waals surface area (Å²) in [4.78, 5) is 5.27. The number of anilines is 6. The van der Waals surface area contributed by atoms with Gasteiger partial charge in [0.2, 0.25) is 0 Å². The number of rotatable bonds is 3. The third kappa shape index (κ3) is 6.37. The first-order valence-electron chi connectivity index (χ1n) is 25.4. The van der Waals surface area contributed by atoms with Gasteiger partial charge in [-0.3, -0.25) is 0 Å². The van der Waals surface area contributed by atoms with Crippen LogP contribution in [-0.4, -0.2) is 6.71 Å². The predicted octanol–water partition coefficient (Wildman–Crippen LogP) is 16.4. The van der Waals surface area contributed by atoms with Gasteiger partial charge < -0.3 is 9.80 Å². The molecule has 13 rings (SSSR count). The molecular formula is C66H61BN2S. The highest BCUT2D eigenvalue weighted by Gasteiger charge is 2.47. The van der Waals surface area contributed by atoms with Crippen molar-refractivity contribution in [2.45, 2.75) is 104 Å². The van der Waals surface area contributed by atoms with Crippen molar-refractivity contribution in [2.75, 3.05) is 9.80 Å². The van der Waals surface area contributed by atoms with E-state index in [9.17, 15) is 0 Å². The quantitative estimate of drug-likeness (QED) is 0.163. The van der Waals surface area contributed by atoms with E-state index in [0.29, 0.717) is 0 Å². The molecule has 0 saturated heterocycles. The zero-order valence-corrected chi connectivity index (χ0v) is 43.4. The van der Waals surface area contributed by atoms with Gasteiger partial charge in [-0.05, 0) is 161 Å². The molecule has 0 radical (unpaired) electrons. The normalized spacial score (nSPS) is 15.0. The molecule has 70 heavy (non-hydrogen) atoms. The molecular weight excluding hydrogens is 864 g/mol. The van der Waals surface area contributed by atoms with Gasteiger partial charge in [-0.25, -0.2) is 0 Å². The Bertz CT molecular complexity index is 3660. The van der Waals surface area contributed by atoms with Crippen molar-refractivity contribution >= 4 is 78.0 Å². The van der Waals surface area contributed by atoms with Gasteiger partial charge in [0.1, 0.15) is 0 Å². The summed E-state index contributed by atoms with van der Waals surface area (Å²) in [5.74, 6) is 0. The first-order valence-corrected chi connectivity index (χ1v) is 26.2. The molecule has 9 aromatic rings. The Balaban J connectivity index is 1.14. The van der Waals surface area contributed by atoms with Crippen molar-refractivity contribution in [2.24, 2.45) is 0 Å². The fraction of sp³-hybridized carbons (Fsp3) is 0.242. The highest BCUT2D eigenvalue weighted by molar-refractivity contribution is 7.33. The van der Waals surface area contributed by atoms with Gasteiger partial charge >= 0.3 is 0 Å². The second kappa shape index (κ2) is 14.7. The van der Waals surface area contributed by atoms with Crippen LogP contribution in [0.3, 0.4) is 0 Å². The smallest absolute Gasteiger partial charge is 0.264 e. The molecule has 0 N–H and O–H groups in total. The topological polar surface area (TPSA) is 6.48 Å². The minimum absolute atomic E-state index is 0.0172. The molecule has 2 nitrogen and oxygen atoms in total. The van der Waals surface area contributed by atoms with Crippen molar-refractivity contribution in [3.8, 4) is 33.4 Å². The fourth-order valence-corrected chi connectivity index (χ4v) is 13.7. The Morgan fingerprint density at radius 3 is 1.73 bits per heavy atom. The van der Waals surface area contributed by atoms with Crippen LogP contribution in [0, 0.1) is 0 Å². The van der Waals surface area contributed by atoms with Gasteiger partial charge in [0.25, 0.3) is 6.71 Å². The fourth-order valence-electron chi connectivity index (χ4n) is 12.4. The predicted molar refractivity (Wildman–Crippen MR) is 303 cm³/mol. The molecule has 8 aromatic carbocycles. The van der Waals surface area contributed by atoms with E-state index in [4.69, 9.17) is 0 Å². The molecule has 2 aliphatic heterocycles. The van der Waals surface area contributed by atoms with Crippen LogP contribution < -0.4 is 25.5 Å². The van der Waals surface area contributed by atoms with Gasteiger partial charge in [-0.15, -0.1) is 11.3 Å². The molecule has 0 unspecified atom stereocenters. The average molecular weight is 925 g/mol. The van der Waals surface area contributed by atoms with Crippen molar-refractivity contribution in [3.05, 3.63) is 197 Å². The van der Waals surface area contributed by atoms with Crippen molar-refractivity contribution < 1.29 is 0 Å². The lowest BCUT2D eigenvalue weighted by Crippen LogP contribution is -2.60. The molecule has 3 heterocycles. The van der Waals surface area contributed by atoms with Gasteiger partial charge in [-0.2, -0.15) is 0 Å². The van der Waals surface area contributed by atoms with E-state index in [1.807, 2.05) is 11.3 Å². The average Bonchev–Trinajstić information content (AvgIpc) is 3.96. The Morgan fingerprint density at radius 1 is 0.471 bits per heavy atom. The van der Waals surface area contributed by atoms with Crippen LogP contribution in [0.1, 0.15) is 115 Å². The number of hydrogen-bond donors (Lipinski definition) is 0. The maximum absolute atomic E-state index is 2.67. The molecule has 344 valence electrons. The van der Waals surface area contributed by atoms with Crippen molar-refractivity contribution in [1.82, 2.24) is 0 Å². The lowest BCUT2D eigenvalue weighted by molar-refractivity contribution is 0.590. The number of fused-ring (bicyclic) bond motifs is 12. The molecule has 0 saturated carbocycles. The standard InChI is InChI=1S/C66H61BN2S/c1-63(2,3)43-21-26-46(27-22-43)68-56-31-25-45(65(7,8)9)36-55(56)67-60-57(68)34-41(39-20-30-49-42(32-39)33-40-16-12-13-17-48(40)49)35-58(60)69(47-28-23-44(24-29-47)64(4,5)6)61-52-37-51-50-18-14-15-19-53(50)66(10,11)54(51)38-59(52)70-62(61)67/h12-32,34-38H,33H2,1-11H3. The Morgan fingerprint density at radius 2 is 1.06 bits per heavy atom. The molecule has 0 fully saturated rings. The summed E-state index contributed by atoms with van der Waals surface area (Å²) < 4.78 is 2.76. The monoisotopic (exact) mass is 924 g/mol. The van der Waals surface area contributed by atoms with Gasteiger partial charge in [0.05, 0.1) is 5.69 Å². The van der Waals surface area contributed by atoms with Crippen LogP contribution >= 0.6 is 11.3 Å². The minimum atomic E-state index is -0.0998. The molecule has 4 aliphatic rings. The molecule has 0 amide bonds. The van der Waals surface area contributed by atoms with Gasteiger partial charge in [0.15, 0.2) is 0 Å². The summed E-state index contributed by atoms with van der Waals surface area (Å²) in [5, 5.41) is 1.33. The SMILES string of the molecule is CC(C)(C)c1ccc(N2c3ccc(C(C)(C)C)cc3B3c4sc5cc6c(cc5c4N(c4ccc(C(C)(C)C)cc4)c4cc(-c5ccc7c(c5)Cc5ccccc5-7)cc2c43)-c2ccccc2C6(C)C)cc1. The van der Waals surface area contributed by atoms with E-state index in [1.165, 1.54) is 132 Å². The zero-order chi connectivity index (χ0) is 48.4. The summed E-state index contributed by atoms with van der Waals surface area (Å²) in [5.41, 5.74) is 27.7. The maximum Gasteiger partial charge on any atom is 0.264 e. The zero-order valence-electron chi connectivity index (χ0n) is 42.6. The third-order valence-corrected chi connectivity index (χ3v) is 17.5. The van der Waals surface area contributed by atoms with E-state index in [-0.39, 0.29) is 28.4 Å². The summed E-state index contributed by atoms with van der Waals surface area (Å²) in [6, 6.07) is 61.8. The van der Waals surface area contributed by atoms with Crippen LogP contribution in [0.5, 0.6) is 0 Å². The lowest BCUT2D eigenvalue weighted by atomic mass is 9.36. The van der Waals surface area contributed by atoms with E-state index in [2.05, 4.69) is 244 Å². The first-order chi connectivity index (χ1) is 33.3. The minimum Gasteiger partial charge on any atom is -0.311 e. The summed E-state index contributed by atoms with van der Waals surface area (Å²) in [7, 11) is 0. The largest absolute Gasteiger partial charge is 0.311 e. The van der Waals surface area contributed by atoms with E-state index < -0.39 is 0 Å². The number of benzene rings is 8. The highest BCUT2D eigenvalue weighted by Crippen LogP contribution is 2.55. The molecule has 0 atom stereocenters. The maximum atomic E-state index is 2.67. The molecule has 0 spiro atoms. The summed E-state index contributed by atoms with van der Waals surface area (Å²) >= 11 is 2.02.